The van der Waals surface area contributed by atoms with E-state index >= 15 is 0 Å². The molecule has 0 aliphatic rings. The number of hydrogen-bond acceptors (Lipinski definition) is 2. The van der Waals surface area contributed by atoms with Crippen LogP contribution < -0.4 is 0 Å². The maximum atomic E-state index is 12.4. The summed E-state index contributed by atoms with van der Waals surface area (Å²) in [6.07, 6.45) is 0.569. The molecule has 0 amide bonds. The summed E-state index contributed by atoms with van der Waals surface area (Å²) in [5.41, 5.74) is 1.97. The van der Waals surface area contributed by atoms with Crippen LogP contribution in [0.25, 0.3) is 0 Å². The second-order valence-electron chi connectivity index (χ2n) is 4.38. The van der Waals surface area contributed by atoms with Crippen LogP contribution in [-0.4, -0.2) is 5.78 Å². The number of rotatable bonds is 5. The average molecular weight is 249 g/mol. The molecule has 2 heteroatoms. The lowest BCUT2D eigenvalue weighted by molar-refractivity contribution is -0.119. The van der Waals surface area contributed by atoms with Crippen molar-refractivity contribution in [1.82, 2.24) is 0 Å². The molecule has 0 aromatic heterocycles. The van der Waals surface area contributed by atoms with E-state index in [0.29, 0.717) is 6.42 Å². The summed E-state index contributed by atoms with van der Waals surface area (Å²) >= 11 is 0. The summed E-state index contributed by atoms with van der Waals surface area (Å²) in [5, 5.41) is 8.64. The molecule has 0 heterocycles. The molecule has 0 saturated carbocycles. The van der Waals surface area contributed by atoms with E-state index in [0.717, 1.165) is 11.1 Å². The molecular formula is C17H15NO. The summed E-state index contributed by atoms with van der Waals surface area (Å²) < 4.78 is 0. The zero-order valence-corrected chi connectivity index (χ0v) is 10.6. The number of benzene rings is 2. The van der Waals surface area contributed by atoms with E-state index in [9.17, 15) is 4.79 Å². The number of hydrogen-bond donors (Lipinski definition) is 0. The van der Waals surface area contributed by atoms with Gasteiger partial charge in [0.2, 0.25) is 0 Å². The molecule has 0 aliphatic heterocycles. The molecule has 2 nitrogen and oxygen atoms in total. The van der Waals surface area contributed by atoms with Gasteiger partial charge in [-0.1, -0.05) is 60.7 Å². The molecule has 0 atom stereocenters. The van der Waals surface area contributed by atoms with Crippen LogP contribution in [0.3, 0.4) is 0 Å². The van der Waals surface area contributed by atoms with Gasteiger partial charge in [-0.3, -0.25) is 4.79 Å². The molecule has 0 bridgehead atoms. The predicted octanol–water partition coefficient (Wildman–Crippen LogP) is 3.69. The molecule has 0 spiro atoms. The van der Waals surface area contributed by atoms with Crippen LogP contribution >= 0.6 is 0 Å². The van der Waals surface area contributed by atoms with E-state index in [2.05, 4.69) is 0 Å². The number of carbonyl (C=O) groups excluding carboxylic acids is 1. The van der Waals surface area contributed by atoms with Gasteiger partial charge in [-0.2, -0.15) is 5.26 Å². The molecule has 0 fully saturated rings. The quantitative estimate of drug-likeness (QED) is 0.810. The Kier molecular flexibility index (Phi) is 4.47. The molecule has 2 aromatic rings. The number of nitrogens with zero attached hydrogens (tertiary/aromatic N) is 1. The van der Waals surface area contributed by atoms with Crippen LogP contribution in [-0.2, 0) is 4.79 Å². The van der Waals surface area contributed by atoms with Gasteiger partial charge in [-0.15, -0.1) is 0 Å². The van der Waals surface area contributed by atoms with Gasteiger partial charge < -0.3 is 0 Å². The Morgan fingerprint density at radius 2 is 1.42 bits per heavy atom. The largest absolute Gasteiger partial charge is 0.299 e. The van der Waals surface area contributed by atoms with Gasteiger partial charge in [-0.05, 0) is 11.1 Å². The zero-order valence-electron chi connectivity index (χ0n) is 10.6. The highest BCUT2D eigenvalue weighted by Crippen LogP contribution is 2.26. The van der Waals surface area contributed by atoms with Crippen molar-refractivity contribution in [3.05, 3.63) is 71.8 Å². The van der Waals surface area contributed by atoms with Gasteiger partial charge in [0.25, 0.3) is 0 Å². The first-order chi connectivity index (χ1) is 9.33. The fourth-order valence-corrected chi connectivity index (χ4v) is 2.18. The first-order valence-electron chi connectivity index (χ1n) is 6.32. The highest BCUT2D eigenvalue weighted by molar-refractivity contribution is 5.89. The minimum absolute atomic E-state index is 0.0963. The third kappa shape index (κ3) is 3.29. The van der Waals surface area contributed by atoms with Crippen LogP contribution in [0, 0.1) is 11.3 Å². The van der Waals surface area contributed by atoms with Crippen molar-refractivity contribution in [3.63, 3.8) is 0 Å². The summed E-state index contributed by atoms with van der Waals surface area (Å²) in [4.78, 5) is 12.4. The Hall–Kier alpha value is -2.40. The lowest BCUT2D eigenvalue weighted by Crippen LogP contribution is -2.13. The summed E-state index contributed by atoms with van der Waals surface area (Å²) in [6, 6.07) is 21.5. The Morgan fingerprint density at radius 1 is 0.947 bits per heavy atom. The first-order valence-corrected chi connectivity index (χ1v) is 6.32. The van der Waals surface area contributed by atoms with Crippen molar-refractivity contribution in [2.24, 2.45) is 0 Å². The van der Waals surface area contributed by atoms with Crippen molar-refractivity contribution >= 4 is 5.78 Å². The fourth-order valence-electron chi connectivity index (χ4n) is 2.18. The number of Topliss-reactive ketones (excluding diaryl/α,β-unsaturated/α-hetero) is 1. The second-order valence-corrected chi connectivity index (χ2v) is 4.38. The summed E-state index contributed by atoms with van der Waals surface area (Å²) in [5.74, 6) is -0.172. The van der Waals surface area contributed by atoms with Gasteiger partial charge in [-0.25, -0.2) is 0 Å². The van der Waals surface area contributed by atoms with Gasteiger partial charge in [0.1, 0.15) is 5.78 Å². The molecule has 94 valence electrons. The van der Waals surface area contributed by atoms with Gasteiger partial charge in [0, 0.05) is 12.8 Å². The minimum Gasteiger partial charge on any atom is -0.299 e. The molecule has 0 N–H and O–H groups in total. The highest BCUT2D eigenvalue weighted by Gasteiger charge is 2.21. The normalized spacial score (nSPS) is 10.1. The smallest absolute Gasteiger partial charge is 0.145 e. The Morgan fingerprint density at radius 3 is 1.84 bits per heavy atom. The van der Waals surface area contributed by atoms with Crippen molar-refractivity contribution < 1.29 is 4.79 Å². The summed E-state index contributed by atoms with van der Waals surface area (Å²) in [7, 11) is 0. The van der Waals surface area contributed by atoms with E-state index in [1.807, 2.05) is 66.7 Å². The van der Waals surface area contributed by atoms with Crippen molar-refractivity contribution in [2.45, 2.75) is 18.8 Å². The molecule has 0 unspecified atom stereocenters. The number of carbonyl (C=O) groups is 1. The van der Waals surface area contributed by atoms with Gasteiger partial charge >= 0.3 is 0 Å². The van der Waals surface area contributed by atoms with Crippen LogP contribution in [0.4, 0.5) is 0 Å². The van der Waals surface area contributed by atoms with Crippen LogP contribution in [0.2, 0.25) is 0 Å². The number of ketones is 1. The van der Waals surface area contributed by atoms with Crippen molar-refractivity contribution in [2.75, 3.05) is 0 Å². The van der Waals surface area contributed by atoms with Crippen LogP contribution in [0.1, 0.15) is 29.9 Å². The monoisotopic (exact) mass is 249 g/mol. The SMILES string of the molecule is N#CCCC(=O)C(c1ccccc1)c1ccccc1. The van der Waals surface area contributed by atoms with Crippen molar-refractivity contribution in [1.29, 1.82) is 5.26 Å². The fraction of sp³-hybridized carbons (Fsp3) is 0.176. The average Bonchev–Trinajstić information content (AvgIpc) is 2.47. The van der Waals surface area contributed by atoms with E-state index in [1.165, 1.54) is 0 Å². The lowest BCUT2D eigenvalue weighted by Gasteiger charge is -2.16. The van der Waals surface area contributed by atoms with E-state index in [1.54, 1.807) is 0 Å². The topological polar surface area (TPSA) is 40.9 Å². The Bertz CT molecular complexity index is 530. The van der Waals surface area contributed by atoms with Crippen LogP contribution in [0.15, 0.2) is 60.7 Å². The van der Waals surface area contributed by atoms with E-state index in [4.69, 9.17) is 5.26 Å². The van der Waals surface area contributed by atoms with Crippen LogP contribution in [0.5, 0.6) is 0 Å². The van der Waals surface area contributed by atoms with E-state index < -0.39 is 0 Å². The molecule has 0 aliphatic carbocycles. The molecule has 19 heavy (non-hydrogen) atoms. The highest BCUT2D eigenvalue weighted by atomic mass is 16.1. The third-order valence-corrected chi connectivity index (χ3v) is 3.07. The predicted molar refractivity (Wildman–Crippen MR) is 74.6 cm³/mol. The number of nitriles is 1. The molecule has 2 aromatic carbocycles. The third-order valence-electron chi connectivity index (χ3n) is 3.07. The maximum Gasteiger partial charge on any atom is 0.145 e. The molecule has 0 radical (unpaired) electrons. The van der Waals surface area contributed by atoms with Gasteiger partial charge in [0.05, 0.1) is 12.0 Å². The first kappa shape index (κ1) is 13.0. The maximum absolute atomic E-state index is 12.4. The molecule has 0 saturated heterocycles. The van der Waals surface area contributed by atoms with E-state index in [-0.39, 0.29) is 18.1 Å². The standard InChI is InChI=1S/C17H15NO/c18-13-7-12-16(19)17(14-8-3-1-4-9-14)15-10-5-2-6-11-15/h1-6,8-11,17H,7,12H2. The lowest BCUT2D eigenvalue weighted by atomic mass is 9.86. The molecular weight excluding hydrogens is 234 g/mol. The molecule has 2 rings (SSSR count). The minimum atomic E-state index is -0.268. The Balaban J connectivity index is 2.35. The zero-order chi connectivity index (χ0) is 13.5. The summed E-state index contributed by atoms with van der Waals surface area (Å²) in [6.45, 7) is 0. The van der Waals surface area contributed by atoms with Crippen molar-refractivity contribution in [3.8, 4) is 6.07 Å². The second kappa shape index (κ2) is 6.51. The van der Waals surface area contributed by atoms with Gasteiger partial charge in [0.15, 0.2) is 0 Å². The Labute approximate surface area is 113 Å².